The zero-order chi connectivity index (χ0) is 12.8. The Balaban J connectivity index is 1.78. The van der Waals surface area contributed by atoms with Crippen LogP contribution in [0.4, 0.5) is 0 Å². The van der Waals surface area contributed by atoms with Gasteiger partial charge in [0.1, 0.15) is 0 Å². The van der Waals surface area contributed by atoms with Crippen LogP contribution < -0.4 is 0 Å². The molecule has 0 unspecified atom stereocenters. The van der Waals surface area contributed by atoms with Crippen LogP contribution in [0.3, 0.4) is 0 Å². The first-order chi connectivity index (χ1) is 8.75. The lowest BCUT2D eigenvalue weighted by atomic mass is 9.83. The molecule has 98 valence electrons. The summed E-state index contributed by atoms with van der Waals surface area (Å²) in [4.78, 5) is 10.7. The van der Waals surface area contributed by atoms with Gasteiger partial charge in [0.15, 0.2) is 0 Å². The number of carboxylic acid groups (broad SMARTS) is 1. The first-order valence-corrected chi connectivity index (χ1v) is 6.62. The largest absolute Gasteiger partial charge is 0.481 e. The summed E-state index contributed by atoms with van der Waals surface area (Å²) in [6.07, 6.45) is 5.27. The highest BCUT2D eigenvalue weighted by Crippen LogP contribution is 2.29. The van der Waals surface area contributed by atoms with E-state index in [9.17, 15) is 4.79 Å². The summed E-state index contributed by atoms with van der Waals surface area (Å²) >= 11 is 0. The van der Waals surface area contributed by atoms with E-state index < -0.39 is 5.97 Å². The van der Waals surface area contributed by atoms with Crippen LogP contribution in [0.1, 0.15) is 36.8 Å². The standard InChI is InChI=1S/C15H20O3/c16-15(17)10-13-6-1-2-7-14(13)11-18-9-8-12-4-3-5-12/h1-2,6-7,12H,3-5,8-11H2,(H,16,17). The third-order valence-corrected chi connectivity index (χ3v) is 3.61. The van der Waals surface area contributed by atoms with Gasteiger partial charge >= 0.3 is 5.97 Å². The van der Waals surface area contributed by atoms with Crippen molar-refractivity contribution < 1.29 is 14.6 Å². The second-order valence-electron chi connectivity index (χ2n) is 4.98. The smallest absolute Gasteiger partial charge is 0.307 e. The molecule has 0 aromatic heterocycles. The monoisotopic (exact) mass is 248 g/mol. The predicted octanol–water partition coefficient (Wildman–Crippen LogP) is 3.02. The average molecular weight is 248 g/mol. The molecule has 0 heterocycles. The van der Waals surface area contributed by atoms with Crippen LogP contribution in [-0.4, -0.2) is 17.7 Å². The Bertz CT molecular complexity index is 396. The van der Waals surface area contributed by atoms with Crippen LogP contribution in [-0.2, 0) is 22.6 Å². The van der Waals surface area contributed by atoms with E-state index >= 15 is 0 Å². The van der Waals surface area contributed by atoms with Gasteiger partial charge in [0, 0.05) is 6.61 Å². The molecule has 0 bridgehead atoms. The number of ether oxygens (including phenoxy) is 1. The van der Waals surface area contributed by atoms with Gasteiger partial charge in [-0.25, -0.2) is 0 Å². The molecule has 2 rings (SSSR count). The Morgan fingerprint density at radius 2 is 2.00 bits per heavy atom. The number of hydrogen-bond acceptors (Lipinski definition) is 2. The summed E-state index contributed by atoms with van der Waals surface area (Å²) in [5.41, 5.74) is 1.85. The second-order valence-corrected chi connectivity index (χ2v) is 4.98. The number of hydrogen-bond donors (Lipinski definition) is 1. The van der Waals surface area contributed by atoms with Crippen molar-refractivity contribution in [2.45, 2.75) is 38.7 Å². The van der Waals surface area contributed by atoms with Crippen molar-refractivity contribution >= 4 is 5.97 Å². The van der Waals surface area contributed by atoms with Crippen LogP contribution in [0.25, 0.3) is 0 Å². The molecule has 3 heteroatoms. The highest BCUT2D eigenvalue weighted by molar-refractivity contribution is 5.70. The molecule has 1 N–H and O–H groups in total. The third kappa shape index (κ3) is 3.84. The van der Waals surface area contributed by atoms with Gasteiger partial charge in [0.2, 0.25) is 0 Å². The zero-order valence-electron chi connectivity index (χ0n) is 10.6. The van der Waals surface area contributed by atoms with Gasteiger partial charge in [-0.2, -0.15) is 0 Å². The predicted molar refractivity (Wildman–Crippen MR) is 69.4 cm³/mol. The molecule has 0 amide bonds. The minimum atomic E-state index is -0.795. The summed E-state index contributed by atoms with van der Waals surface area (Å²) in [5.74, 6) is 0.0659. The molecule has 18 heavy (non-hydrogen) atoms. The van der Waals surface area contributed by atoms with Gasteiger partial charge in [0.05, 0.1) is 13.0 Å². The summed E-state index contributed by atoms with van der Waals surface area (Å²) in [6.45, 7) is 1.31. The fourth-order valence-electron chi connectivity index (χ4n) is 2.25. The van der Waals surface area contributed by atoms with Crippen LogP contribution in [0.5, 0.6) is 0 Å². The molecule has 1 aromatic carbocycles. The van der Waals surface area contributed by atoms with Gasteiger partial charge in [-0.15, -0.1) is 0 Å². The molecule has 1 saturated carbocycles. The lowest BCUT2D eigenvalue weighted by Crippen LogP contribution is -2.13. The maximum absolute atomic E-state index is 10.7. The summed E-state index contributed by atoms with van der Waals surface area (Å²) in [5, 5.41) is 8.83. The molecule has 0 radical (unpaired) electrons. The topological polar surface area (TPSA) is 46.5 Å². The van der Waals surface area contributed by atoms with Gasteiger partial charge in [0.25, 0.3) is 0 Å². The number of aliphatic carboxylic acids is 1. The van der Waals surface area contributed by atoms with Crippen LogP contribution in [0.2, 0.25) is 0 Å². The van der Waals surface area contributed by atoms with E-state index in [-0.39, 0.29) is 6.42 Å². The maximum Gasteiger partial charge on any atom is 0.307 e. The highest BCUT2D eigenvalue weighted by atomic mass is 16.5. The van der Waals surface area contributed by atoms with E-state index in [1.54, 1.807) is 0 Å². The van der Waals surface area contributed by atoms with Crippen molar-refractivity contribution in [2.75, 3.05) is 6.61 Å². The summed E-state index contributed by atoms with van der Waals surface area (Å²) in [6, 6.07) is 7.60. The van der Waals surface area contributed by atoms with Crippen molar-refractivity contribution in [3.8, 4) is 0 Å². The van der Waals surface area contributed by atoms with Crippen molar-refractivity contribution in [2.24, 2.45) is 5.92 Å². The number of carbonyl (C=O) groups is 1. The Morgan fingerprint density at radius 3 is 2.61 bits per heavy atom. The zero-order valence-corrected chi connectivity index (χ0v) is 10.6. The van der Waals surface area contributed by atoms with Gasteiger partial charge in [-0.3, -0.25) is 4.79 Å². The molecule has 1 aliphatic carbocycles. The molecule has 0 spiro atoms. The third-order valence-electron chi connectivity index (χ3n) is 3.61. The molecule has 1 aliphatic rings. The molecule has 0 atom stereocenters. The van der Waals surface area contributed by atoms with E-state index in [4.69, 9.17) is 9.84 Å². The fourth-order valence-corrected chi connectivity index (χ4v) is 2.25. The Morgan fingerprint density at radius 1 is 1.28 bits per heavy atom. The van der Waals surface area contributed by atoms with E-state index in [0.29, 0.717) is 6.61 Å². The first-order valence-electron chi connectivity index (χ1n) is 6.62. The lowest BCUT2D eigenvalue weighted by molar-refractivity contribution is -0.136. The van der Waals surface area contributed by atoms with Crippen molar-refractivity contribution in [1.82, 2.24) is 0 Å². The van der Waals surface area contributed by atoms with Crippen LogP contribution in [0, 0.1) is 5.92 Å². The first kappa shape index (κ1) is 13.1. The average Bonchev–Trinajstić information content (AvgIpc) is 2.28. The van der Waals surface area contributed by atoms with Crippen molar-refractivity contribution in [1.29, 1.82) is 0 Å². The second kappa shape index (κ2) is 6.55. The van der Waals surface area contributed by atoms with E-state index in [0.717, 1.165) is 30.1 Å². The molecule has 0 saturated heterocycles. The minimum absolute atomic E-state index is 0.0716. The lowest BCUT2D eigenvalue weighted by Gasteiger charge is -2.24. The SMILES string of the molecule is O=C(O)Cc1ccccc1COCCC1CCC1. The maximum atomic E-state index is 10.7. The fraction of sp³-hybridized carbons (Fsp3) is 0.533. The van der Waals surface area contributed by atoms with E-state index in [1.807, 2.05) is 24.3 Å². The van der Waals surface area contributed by atoms with Gasteiger partial charge < -0.3 is 9.84 Å². The van der Waals surface area contributed by atoms with E-state index in [2.05, 4.69) is 0 Å². The van der Waals surface area contributed by atoms with Gasteiger partial charge in [-0.1, -0.05) is 43.5 Å². The highest BCUT2D eigenvalue weighted by Gasteiger charge is 2.16. The summed E-state index contributed by atoms with van der Waals surface area (Å²) < 4.78 is 5.66. The molecule has 0 aliphatic heterocycles. The number of benzene rings is 1. The number of rotatable bonds is 7. The van der Waals surface area contributed by atoms with E-state index in [1.165, 1.54) is 19.3 Å². The van der Waals surface area contributed by atoms with Crippen LogP contribution >= 0.6 is 0 Å². The quantitative estimate of drug-likeness (QED) is 0.754. The Hall–Kier alpha value is -1.35. The Labute approximate surface area is 108 Å². The molecule has 3 nitrogen and oxygen atoms in total. The normalized spacial score (nSPS) is 15.3. The molecular weight excluding hydrogens is 228 g/mol. The van der Waals surface area contributed by atoms with Crippen molar-refractivity contribution in [3.05, 3.63) is 35.4 Å². The van der Waals surface area contributed by atoms with Crippen molar-refractivity contribution in [3.63, 3.8) is 0 Å². The number of carboxylic acids is 1. The minimum Gasteiger partial charge on any atom is -0.481 e. The van der Waals surface area contributed by atoms with Crippen LogP contribution in [0.15, 0.2) is 24.3 Å². The summed E-state index contributed by atoms with van der Waals surface area (Å²) in [7, 11) is 0. The molecule has 1 aromatic rings. The van der Waals surface area contributed by atoms with Gasteiger partial charge in [-0.05, 0) is 23.5 Å². The Kier molecular flexibility index (Phi) is 4.76. The molecule has 1 fully saturated rings. The molecular formula is C15H20O3.